The summed E-state index contributed by atoms with van der Waals surface area (Å²) < 4.78 is 0.838. The highest BCUT2D eigenvalue weighted by Crippen LogP contribution is 2.21. The topological polar surface area (TPSA) is 86.2 Å². The average molecular weight is 361 g/mol. The number of nitrogens with zero attached hydrogens (tertiary/aromatic N) is 3. The van der Waals surface area contributed by atoms with Crippen molar-refractivity contribution in [3.8, 4) is 0 Å². The zero-order chi connectivity index (χ0) is 19.1. The van der Waals surface area contributed by atoms with Crippen LogP contribution in [-0.4, -0.2) is 35.0 Å². The largest absolute Gasteiger partial charge is 0.378 e. The number of nitrogens with one attached hydrogen (secondary N) is 2. The van der Waals surface area contributed by atoms with Crippen LogP contribution in [0.5, 0.6) is 0 Å². The van der Waals surface area contributed by atoms with E-state index in [4.69, 9.17) is 0 Å². The van der Waals surface area contributed by atoms with Crippen molar-refractivity contribution in [2.75, 3.05) is 19.0 Å². The fourth-order valence-corrected chi connectivity index (χ4v) is 3.04. The Hall–Kier alpha value is -3.61. The van der Waals surface area contributed by atoms with Crippen molar-refractivity contribution in [3.05, 3.63) is 74.4 Å². The summed E-state index contributed by atoms with van der Waals surface area (Å²) in [4.78, 5) is 33.0. The Morgan fingerprint density at radius 1 is 1.00 bits per heavy atom. The molecule has 27 heavy (non-hydrogen) atoms. The van der Waals surface area contributed by atoms with Crippen LogP contribution in [0.1, 0.15) is 11.1 Å². The van der Waals surface area contributed by atoms with Crippen LogP contribution in [0, 0.1) is 6.92 Å². The molecule has 0 spiro atoms. The van der Waals surface area contributed by atoms with Crippen molar-refractivity contribution in [1.82, 2.24) is 14.6 Å². The summed E-state index contributed by atoms with van der Waals surface area (Å²) in [6.07, 6.45) is 1.49. The molecule has 0 aliphatic rings. The second-order valence-corrected chi connectivity index (χ2v) is 6.70. The molecule has 4 rings (SSSR count). The lowest BCUT2D eigenvalue weighted by Gasteiger charge is -2.11. The van der Waals surface area contributed by atoms with Gasteiger partial charge in [0.25, 0.3) is 0 Å². The van der Waals surface area contributed by atoms with E-state index in [1.165, 1.54) is 6.21 Å². The fourth-order valence-electron chi connectivity index (χ4n) is 3.04. The fraction of sp³-hybridized carbons (Fsp3) is 0.150. The van der Waals surface area contributed by atoms with Gasteiger partial charge < -0.3 is 14.9 Å². The average Bonchev–Trinajstić information content (AvgIpc) is 3.00. The number of aromatic amines is 2. The summed E-state index contributed by atoms with van der Waals surface area (Å²) in [7, 11) is 3.92. The smallest absolute Gasteiger partial charge is 0.350 e. The highest BCUT2D eigenvalue weighted by Gasteiger charge is 2.12. The molecule has 0 aliphatic carbocycles. The molecule has 136 valence electrons. The number of H-pyrrole nitrogens is 2. The molecule has 0 radical (unpaired) electrons. The lowest BCUT2D eigenvalue weighted by molar-refractivity contribution is 0.770. The van der Waals surface area contributed by atoms with Crippen LogP contribution in [-0.2, 0) is 0 Å². The van der Waals surface area contributed by atoms with Gasteiger partial charge in [0.2, 0.25) is 0 Å². The maximum atomic E-state index is 12.8. The van der Waals surface area contributed by atoms with Crippen LogP contribution in [0.25, 0.3) is 21.9 Å². The third-order valence-electron chi connectivity index (χ3n) is 4.52. The number of rotatable bonds is 3. The number of hydrogen-bond acceptors (Lipinski definition) is 4. The molecule has 0 aliphatic heterocycles. The van der Waals surface area contributed by atoms with E-state index in [1.54, 1.807) is 0 Å². The van der Waals surface area contributed by atoms with Crippen molar-refractivity contribution < 1.29 is 0 Å². The molecule has 2 N–H and O–H groups in total. The second kappa shape index (κ2) is 6.28. The molecule has 7 heteroatoms. The Morgan fingerprint density at radius 3 is 2.44 bits per heavy atom. The molecule has 2 heterocycles. The molecule has 0 fully saturated rings. The zero-order valence-electron chi connectivity index (χ0n) is 15.3. The normalized spacial score (nSPS) is 11.7. The number of aryl methyl sites for hydroxylation is 1. The van der Waals surface area contributed by atoms with E-state index in [0.717, 1.165) is 32.4 Å². The molecule has 0 amide bonds. The first-order valence-corrected chi connectivity index (χ1v) is 8.53. The van der Waals surface area contributed by atoms with Gasteiger partial charge in [0.05, 0.1) is 11.7 Å². The summed E-state index contributed by atoms with van der Waals surface area (Å²) in [5.41, 5.74) is 3.47. The van der Waals surface area contributed by atoms with Crippen LogP contribution >= 0.6 is 0 Å². The third-order valence-corrected chi connectivity index (χ3v) is 4.52. The Morgan fingerprint density at radius 2 is 1.74 bits per heavy atom. The number of benzene rings is 2. The Bertz CT molecular complexity index is 1290. The van der Waals surface area contributed by atoms with Gasteiger partial charge in [-0.15, -0.1) is 4.68 Å². The minimum Gasteiger partial charge on any atom is -0.378 e. The van der Waals surface area contributed by atoms with Gasteiger partial charge in [0.1, 0.15) is 5.52 Å². The van der Waals surface area contributed by atoms with Crippen molar-refractivity contribution in [2.24, 2.45) is 5.10 Å². The quantitative estimate of drug-likeness (QED) is 0.550. The summed E-state index contributed by atoms with van der Waals surface area (Å²) in [5.74, 6) is 0. The molecule has 2 aromatic carbocycles. The van der Waals surface area contributed by atoms with E-state index in [-0.39, 0.29) is 0 Å². The first-order chi connectivity index (χ1) is 12.9. The standard InChI is InChI=1S/C20H19N5O2/c1-12-4-9-16-15(10-12)17-18(22-16)19(26)25(20(27)23-17)21-11-13-5-7-14(8-6-13)24(2)3/h4-11,22H,1-3H3,(H,23,27)/b21-11-. The number of aromatic nitrogens is 3. The predicted octanol–water partition coefficient (Wildman–Crippen LogP) is 2.43. The minimum absolute atomic E-state index is 0.329. The Labute approximate surface area is 154 Å². The summed E-state index contributed by atoms with van der Waals surface area (Å²) >= 11 is 0. The molecular weight excluding hydrogens is 342 g/mol. The molecule has 7 nitrogen and oxygen atoms in total. The Balaban J connectivity index is 1.81. The molecular formula is C20H19N5O2. The maximum Gasteiger partial charge on any atom is 0.350 e. The van der Waals surface area contributed by atoms with Crippen molar-refractivity contribution in [3.63, 3.8) is 0 Å². The van der Waals surface area contributed by atoms with Gasteiger partial charge >= 0.3 is 11.2 Å². The van der Waals surface area contributed by atoms with Crippen molar-refractivity contribution in [2.45, 2.75) is 6.92 Å². The third kappa shape index (κ3) is 2.93. The van der Waals surface area contributed by atoms with Crippen molar-refractivity contribution >= 4 is 33.8 Å². The van der Waals surface area contributed by atoms with Gasteiger partial charge in [-0.05, 0) is 36.8 Å². The Kier molecular flexibility index (Phi) is 3.92. The van der Waals surface area contributed by atoms with Crippen molar-refractivity contribution in [1.29, 1.82) is 0 Å². The predicted molar refractivity (Wildman–Crippen MR) is 109 cm³/mol. The molecule has 2 aromatic heterocycles. The first kappa shape index (κ1) is 16.8. The zero-order valence-corrected chi connectivity index (χ0v) is 15.3. The summed E-state index contributed by atoms with van der Waals surface area (Å²) in [6.45, 7) is 1.96. The monoisotopic (exact) mass is 361 g/mol. The lowest BCUT2D eigenvalue weighted by Crippen LogP contribution is -2.32. The van der Waals surface area contributed by atoms with Gasteiger partial charge in [-0.3, -0.25) is 4.79 Å². The minimum atomic E-state index is -0.573. The van der Waals surface area contributed by atoms with Gasteiger partial charge in [-0.25, -0.2) is 4.79 Å². The number of hydrogen-bond donors (Lipinski definition) is 2. The molecule has 0 saturated carbocycles. The van der Waals surface area contributed by atoms with Gasteiger partial charge in [-0.1, -0.05) is 23.8 Å². The molecule has 0 unspecified atom stereocenters. The second-order valence-electron chi connectivity index (χ2n) is 6.70. The highest BCUT2D eigenvalue weighted by molar-refractivity contribution is 6.04. The summed E-state index contributed by atoms with van der Waals surface area (Å²) in [5, 5.41) is 4.90. The molecule has 4 aromatic rings. The van der Waals surface area contributed by atoms with Crippen LogP contribution in [0.2, 0.25) is 0 Å². The van der Waals surface area contributed by atoms with Crippen LogP contribution < -0.4 is 16.1 Å². The summed E-state index contributed by atoms with van der Waals surface area (Å²) in [6, 6.07) is 13.4. The van der Waals surface area contributed by atoms with E-state index in [9.17, 15) is 9.59 Å². The lowest BCUT2D eigenvalue weighted by atomic mass is 10.2. The van der Waals surface area contributed by atoms with E-state index < -0.39 is 11.2 Å². The van der Waals surface area contributed by atoms with Gasteiger partial charge in [-0.2, -0.15) is 5.10 Å². The van der Waals surface area contributed by atoms with Gasteiger partial charge in [0, 0.05) is 30.7 Å². The number of fused-ring (bicyclic) bond motifs is 3. The molecule has 0 saturated heterocycles. The van der Waals surface area contributed by atoms with E-state index in [2.05, 4.69) is 15.1 Å². The molecule has 0 bridgehead atoms. The highest BCUT2D eigenvalue weighted by atomic mass is 16.2. The molecule has 0 atom stereocenters. The maximum absolute atomic E-state index is 12.8. The van der Waals surface area contributed by atoms with E-state index in [1.807, 2.05) is 68.4 Å². The van der Waals surface area contributed by atoms with E-state index >= 15 is 0 Å². The van der Waals surface area contributed by atoms with E-state index in [0.29, 0.717) is 11.0 Å². The number of anilines is 1. The first-order valence-electron chi connectivity index (χ1n) is 8.53. The van der Waals surface area contributed by atoms with Crippen LogP contribution in [0.3, 0.4) is 0 Å². The van der Waals surface area contributed by atoms with Gasteiger partial charge in [0.15, 0.2) is 0 Å². The van der Waals surface area contributed by atoms with Crippen LogP contribution in [0.4, 0.5) is 5.69 Å². The van der Waals surface area contributed by atoms with Crippen LogP contribution in [0.15, 0.2) is 57.2 Å². The SMILES string of the molecule is Cc1ccc2[nH]c3c(=O)n(/N=C\c4ccc(N(C)C)cc4)c(=O)[nH]c3c2c1.